The fraction of sp³-hybridized carbons (Fsp3) is 0.312. The lowest BCUT2D eigenvalue weighted by atomic mass is 10.3. The fourth-order valence-electron chi connectivity index (χ4n) is 1.81. The van der Waals surface area contributed by atoms with Crippen molar-refractivity contribution in [1.82, 2.24) is 4.90 Å². The largest absolute Gasteiger partial charge is 0.494 e. The van der Waals surface area contributed by atoms with E-state index in [0.29, 0.717) is 18.9 Å². The summed E-state index contributed by atoms with van der Waals surface area (Å²) in [6, 6.07) is 11.2. The first-order valence-electron chi connectivity index (χ1n) is 6.92. The molecule has 22 heavy (non-hydrogen) atoms. The maximum Gasteiger partial charge on any atom is 0.260 e. The van der Waals surface area contributed by atoms with E-state index < -0.39 is 0 Å². The summed E-state index contributed by atoms with van der Waals surface area (Å²) in [5.41, 5.74) is 0. The monoisotopic (exact) mass is 383 g/mol. The van der Waals surface area contributed by atoms with Crippen molar-refractivity contribution in [2.75, 3.05) is 20.3 Å². The highest BCUT2D eigenvalue weighted by Crippen LogP contribution is 2.23. The first-order valence-corrected chi connectivity index (χ1v) is 8.53. The number of carbonyl (C=O) groups excluding carboxylic acids is 1. The van der Waals surface area contributed by atoms with Gasteiger partial charge in [-0.25, -0.2) is 0 Å². The third-order valence-corrected chi connectivity index (χ3v) is 4.55. The molecule has 0 fully saturated rings. The molecule has 0 bridgehead atoms. The van der Waals surface area contributed by atoms with Gasteiger partial charge in [-0.05, 0) is 59.3 Å². The van der Waals surface area contributed by atoms with Gasteiger partial charge in [-0.3, -0.25) is 4.79 Å². The number of benzene rings is 1. The number of rotatable bonds is 7. The molecule has 0 spiro atoms. The van der Waals surface area contributed by atoms with E-state index in [4.69, 9.17) is 9.47 Å². The summed E-state index contributed by atoms with van der Waals surface area (Å²) in [7, 11) is 1.78. The van der Waals surface area contributed by atoms with E-state index in [2.05, 4.69) is 15.9 Å². The third kappa shape index (κ3) is 5.03. The van der Waals surface area contributed by atoms with Crippen LogP contribution in [0, 0.1) is 0 Å². The standard InChI is InChI=1S/C16H18BrNO3S/c1-3-20-12-4-6-13(7-5-12)21-11-16(19)18(2)10-14-8-9-15(17)22-14/h4-9H,3,10-11H2,1-2H3. The van der Waals surface area contributed by atoms with Gasteiger partial charge in [-0.1, -0.05) is 0 Å². The van der Waals surface area contributed by atoms with Crippen molar-refractivity contribution in [2.45, 2.75) is 13.5 Å². The molecule has 6 heteroatoms. The van der Waals surface area contributed by atoms with Crippen LogP contribution in [-0.2, 0) is 11.3 Å². The minimum Gasteiger partial charge on any atom is -0.494 e. The van der Waals surface area contributed by atoms with Crippen molar-refractivity contribution in [2.24, 2.45) is 0 Å². The molecular formula is C16H18BrNO3S. The van der Waals surface area contributed by atoms with Gasteiger partial charge >= 0.3 is 0 Å². The number of amides is 1. The van der Waals surface area contributed by atoms with Gasteiger partial charge in [0, 0.05) is 11.9 Å². The summed E-state index contributed by atoms with van der Waals surface area (Å²) >= 11 is 5.04. The van der Waals surface area contributed by atoms with Crippen molar-refractivity contribution in [1.29, 1.82) is 0 Å². The van der Waals surface area contributed by atoms with Gasteiger partial charge in [0.25, 0.3) is 5.91 Å². The van der Waals surface area contributed by atoms with Crippen molar-refractivity contribution in [3.05, 3.63) is 45.1 Å². The first kappa shape index (κ1) is 16.8. The molecule has 0 saturated heterocycles. The van der Waals surface area contributed by atoms with Crippen LogP contribution < -0.4 is 9.47 Å². The Balaban J connectivity index is 1.81. The highest BCUT2D eigenvalue weighted by Gasteiger charge is 2.11. The van der Waals surface area contributed by atoms with E-state index in [1.165, 1.54) is 0 Å². The van der Waals surface area contributed by atoms with E-state index in [1.807, 2.05) is 31.2 Å². The number of hydrogen-bond donors (Lipinski definition) is 0. The lowest BCUT2D eigenvalue weighted by Gasteiger charge is -2.16. The van der Waals surface area contributed by atoms with Crippen molar-refractivity contribution < 1.29 is 14.3 Å². The van der Waals surface area contributed by atoms with Crippen molar-refractivity contribution in [3.63, 3.8) is 0 Å². The molecule has 1 heterocycles. The van der Waals surface area contributed by atoms with Crippen molar-refractivity contribution >= 4 is 33.2 Å². The molecule has 0 radical (unpaired) electrons. The molecule has 118 valence electrons. The molecular weight excluding hydrogens is 366 g/mol. The normalized spacial score (nSPS) is 10.3. The quantitative estimate of drug-likeness (QED) is 0.726. The minimum atomic E-state index is -0.0570. The molecule has 4 nitrogen and oxygen atoms in total. The van der Waals surface area contributed by atoms with Crippen LogP contribution in [0.3, 0.4) is 0 Å². The summed E-state index contributed by atoms with van der Waals surface area (Å²) in [6.45, 7) is 3.17. The highest BCUT2D eigenvalue weighted by molar-refractivity contribution is 9.11. The Morgan fingerprint density at radius 2 is 1.77 bits per heavy atom. The van der Waals surface area contributed by atoms with Crippen LogP contribution in [-0.4, -0.2) is 31.1 Å². The average Bonchev–Trinajstić information content (AvgIpc) is 2.91. The zero-order valence-electron chi connectivity index (χ0n) is 12.5. The average molecular weight is 384 g/mol. The van der Waals surface area contributed by atoms with Gasteiger partial charge in [0.05, 0.1) is 16.9 Å². The van der Waals surface area contributed by atoms with Crippen LogP contribution in [0.15, 0.2) is 40.2 Å². The molecule has 1 aromatic heterocycles. The van der Waals surface area contributed by atoms with E-state index in [9.17, 15) is 4.79 Å². The molecule has 2 aromatic rings. The number of ether oxygens (including phenoxy) is 2. The van der Waals surface area contributed by atoms with Gasteiger partial charge in [-0.15, -0.1) is 11.3 Å². The number of thiophene rings is 1. The Hall–Kier alpha value is -1.53. The summed E-state index contributed by atoms with van der Waals surface area (Å²) in [5, 5.41) is 0. The molecule has 1 amide bonds. The Kier molecular flexibility index (Phi) is 6.27. The topological polar surface area (TPSA) is 38.8 Å². The van der Waals surface area contributed by atoms with E-state index >= 15 is 0 Å². The predicted molar refractivity (Wildman–Crippen MR) is 91.6 cm³/mol. The second-order valence-corrected chi connectivity index (χ2v) is 7.20. The summed E-state index contributed by atoms with van der Waals surface area (Å²) in [5.74, 6) is 1.39. The number of carbonyl (C=O) groups is 1. The van der Waals surface area contributed by atoms with Gasteiger partial charge in [0.2, 0.25) is 0 Å². The number of nitrogens with zero attached hydrogens (tertiary/aromatic N) is 1. The van der Waals surface area contributed by atoms with Gasteiger partial charge < -0.3 is 14.4 Å². The highest BCUT2D eigenvalue weighted by atomic mass is 79.9. The maximum absolute atomic E-state index is 12.1. The molecule has 1 aromatic carbocycles. The van der Waals surface area contributed by atoms with Crippen LogP contribution in [0.5, 0.6) is 11.5 Å². The van der Waals surface area contributed by atoms with E-state index in [1.54, 1.807) is 35.4 Å². The Morgan fingerprint density at radius 3 is 2.32 bits per heavy atom. The Labute approximate surface area is 142 Å². The second-order valence-electron chi connectivity index (χ2n) is 4.65. The van der Waals surface area contributed by atoms with E-state index in [-0.39, 0.29) is 12.5 Å². The number of halogens is 1. The van der Waals surface area contributed by atoms with E-state index in [0.717, 1.165) is 14.4 Å². The predicted octanol–water partition coefficient (Wildman–Crippen LogP) is 3.95. The summed E-state index contributed by atoms with van der Waals surface area (Å²) in [6.07, 6.45) is 0. The summed E-state index contributed by atoms with van der Waals surface area (Å²) in [4.78, 5) is 14.9. The lowest BCUT2D eigenvalue weighted by molar-refractivity contribution is -0.132. The zero-order chi connectivity index (χ0) is 15.9. The molecule has 2 rings (SSSR count). The third-order valence-electron chi connectivity index (χ3n) is 2.94. The number of likely N-dealkylation sites (N-methyl/N-ethyl adjacent to an activating group) is 1. The zero-order valence-corrected chi connectivity index (χ0v) is 14.9. The maximum atomic E-state index is 12.1. The van der Waals surface area contributed by atoms with Gasteiger partial charge in [-0.2, -0.15) is 0 Å². The first-order chi connectivity index (χ1) is 10.6. The second kappa shape index (κ2) is 8.19. The Bertz CT molecular complexity index is 612. The lowest BCUT2D eigenvalue weighted by Crippen LogP contribution is -2.30. The van der Waals surface area contributed by atoms with Crippen molar-refractivity contribution in [3.8, 4) is 11.5 Å². The number of hydrogen-bond acceptors (Lipinski definition) is 4. The van der Waals surface area contributed by atoms with Crippen LogP contribution in [0.4, 0.5) is 0 Å². The summed E-state index contributed by atoms with van der Waals surface area (Å²) < 4.78 is 11.9. The van der Waals surface area contributed by atoms with Crippen LogP contribution in [0.25, 0.3) is 0 Å². The molecule has 0 N–H and O–H groups in total. The molecule has 0 aliphatic carbocycles. The fourth-order valence-corrected chi connectivity index (χ4v) is 3.35. The molecule has 0 unspecified atom stereocenters. The Morgan fingerprint density at radius 1 is 1.14 bits per heavy atom. The van der Waals surface area contributed by atoms with Gasteiger partial charge in [0.15, 0.2) is 6.61 Å². The molecule has 0 aliphatic rings. The van der Waals surface area contributed by atoms with Crippen LogP contribution >= 0.6 is 27.3 Å². The van der Waals surface area contributed by atoms with Crippen LogP contribution in [0.2, 0.25) is 0 Å². The van der Waals surface area contributed by atoms with Crippen LogP contribution in [0.1, 0.15) is 11.8 Å². The SMILES string of the molecule is CCOc1ccc(OCC(=O)N(C)Cc2ccc(Br)s2)cc1. The molecule has 0 atom stereocenters. The molecule has 0 saturated carbocycles. The minimum absolute atomic E-state index is 0.0248. The molecule has 0 aliphatic heterocycles. The smallest absolute Gasteiger partial charge is 0.260 e. The van der Waals surface area contributed by atoms with Gasteiger partial charge in [0.1, 0.15) is 11.5 Å².